The number of hydrogen-bond donors (Lipinski definition) is 3. The van der Waals surface area contributed by atoms with E-state index >= 15 is 0 Å². The number of anilines is 1. The number of fused-ring (bicyclic) bond motifs is 1. The lowest BCUT2D eigenvalue weighted by atomic mass is 9.88. The van der Waals surface area contributed by atoms with E-state index in [0.717, 1.165) is 30.6 Å². The maximum atomic E-state index is 13.0. The first-order valence-electron chi connectivity index (χ1n) is 9.03. The lowest BCUT2D eigenvalue weighted by molar-refractivity contribution is -0.142. The number of sulfonamides is 1. The van der Waals surface area contributed by atoms with Crippen LogP contribution >= 0.6 is 11.3 Å². The summed E-state index contributed by atoms with van der Waals surface area (Å²) in [5.74, 6) is -1.27. The topological polar surface area (TPSA) is 113 Å². The van der Waals surface area contributed by atoms with Crippen LogP contribution in [0.3, 0.4) is 0 Å². The fourth-order valence-electron chi connectivity index (χ4n) is 3.32. The SMILES string of the molecule is O=C(O)C1CCc2sc(NC(=O)C3CC3)c(S(=O)(=O)NCC3CC3)c2C1. The summed E-state index contributed by atoms with van der Waals surface area (Å²) in [6, 6.07) is 0. The van der Waals surface area contributed by atoms with E-state index in [9.17, 15) is 23.1 Å². The summed E-state index contributed by atoms with van der Waals surface area (Å²) in [4.78, 5) is 24.6. The van der Waals surface area contributed by atoms with E-state index in [-0.39, 0.29) is 23.1 Å². The van der Waals surface area contributed by atoms with E-state index in [1.165, 1.54) is 11.3 Å². The molecule has 0 radical (unpaired) electrons. The molecule has 0 bridgehead atoms. The Morgan fingerprint density at radius 1 is 1.12 bits per heavy atom. The van der Waals surface area contributed by atoms with Crippen LogP contribution in [0.25, 0.3) is 0 Å². The molecule has 0 aromatic carbocycles. The molecule has 3 aliphatic rings. The fraction of sp³-hybridized carbons (Fsp3) is 0.647. The van der Waals surface area contributed by atoms with Gasteiger partial charge in [-0.05, 0) is 56.4 Å². The van der Waals surface area contributed by atoms with Crippen molar-refractivity contribution in [2.24, 2.45) is 17.8 Å². The van der Waals surface area contributed by atoms with Crippen molar-refractivity contribution in [1.29, 1.82) is 0 Å². The number of nitrogens with one attached hydrogen (secondary N) is 2. The highest BCUT2D eigenvalue weighted by molar-refractivity contribution is 7.90. The normalized spacial score (nSPS) is 22.7. The summed E-state index contributed by atoms with van der Waals surface area (Å²) < 4.78 is 28.6. The minimum atomic E-state index is -3.79. The Labute approximate surface area is 156 Å². The minimum Gasteiger partial charge on any atom is -0.481 e. The second kappa shape index (κ2) is 6.61. The lowest BCUT2D eigenvalue weighted by Gasteiger charge is -2.19. The van der Waals surface area contributed by atoms with Crippen molar-refractivity contribution in [2.75, 3.05) is 11.9 Å². The maximum absolute atomic E-state index is 13.0. The summed E-state index contributed by atoms with van der Waals surface area (Å²) in [5.41, 5.74) is 0.572. The van der Waals surface area contributed by atoms with Gasteiger partial charge in [-0.3, -0.25) is 9.59 Å². The number of carboxylic acid groups (broad SMARTS) is 1. The van der Waals surface area contributed by atoms with Crippen LogP contribution in [0.15, 0.2) is 4.90 Å². The van der Waals surface area contributed by atoms with Gasteiger partial charge in [-0.2, -0.15) is 0 Å². The summed E-state index contributed by atoms with van der Waals surface area (Å²) in [6.07, 6.45) is 4.93. The number of aryl methyl sites for hydroxylation is 1. The number of thiophene rings is 1. The average molecular weight is 399 g/mol. The van der Waals surface area contributed by atoms with Gasteiger partial charge in [0.05, 0.1) is 5.92 Å². The molecular formula is C17H22N2O5S2. The predicted molar refractivity (Wildman–Crippen MR) is 96.7 cm³/mol. The zero-order valence-corrected chi connectivity index (χ0v) is 15.9. The van der Waals surface area contributed by atoms with Gasteiger partial charge in [0.15, 0.2) is 0 Å². The van der Waals surface area contributed by atoms with E-state index < -0.39 is 21.9 Å². The summed E-state index contributed by atoms with van der Waals surface area (Å²) in [5, 5.41) is 12.5. The number of carbonyl (C=O) groups is 2. The van der Waals surface area contributed by atoms with Crippen molar-refractivity contribution < 1.29 is 23.1 Å². The van der Waals surface area contributed by atoms with Crippen LogP contribution in [-0.2, 0) is 32.5 Å². The number of amides is 1. The predicted octanol–water partition coefficient (Wildman–Crippen LogP) is 1.97. The molecule has 1 aromatic heterocycles. The van der Waals surface area contributed by atoms with Crippen LogP contribution in [-0.4, -0.2) is 31.9 Å². The Balaban J connectivity index is 1.68. The monoisotopic (exact) mass is 398 g/mol. The van der Waals surface area contributed by atoms with Crippen LogP contribution in [0.2, 0.25) is 0 Å². The zero-order chi connectivity index (χ0) is 18.5. The highest BCUT2D eigenvalue weighted by atomic mass is 32.2. The summed E-state index contributed by atoms with van der Waals surface area (Å²) in [6.45, 7) is 0.394. The van der Waals surface area contributed by atoms with Gasteiger partial charge in [0.2, 0.25) is 15.9 Å². The second-order valence-electron chi connectivity index (χ2n) is 7.50. The van der Waals surface area contributed by atoms with Gasteiger partial charge < -0.3 is 10.4 Å². The molecule has 26 heavy (non-hydrogen) atoms. The van der Waals surface area contributed by atoms with Gasteiger partial charge in [-0.15, -0.1) is 11.3 Å². The third-order valence-electron chi connectivity index (χ3n) is 5.27. The van der Waals surface area contributed by atoms with Gasteiger partial charge >= 0.3 is 5.97 Å². The van der Waals surface area contributed by atoms with Crippen molar-refractivity contribution in [1.82, 2.24) is 4.72 Å². The number of carboxylic acids is 1. The van der Waals surface area contributed by atoms with E-state index in [0.29, 0.717) is 35.9 Å². The number of aliphatic carboxylic acids is 1. The molecule has 1 unspecified atom stereocenters. The van der Waals surface area contributed by atoms with Crippen LogP contribution in [0, 0.1) is 17.8 Å². The Morgan fingerprint density at radius 2 is 1.85 bits per heavy atom. The van der Waals surface area contributed by atoms with Crippen LogP contribution in [0.4, 0.5) is 5.00 Å². The molecule has 2 saturated carbocycles. The Hall–Kier alpha value is -1.45. The van der Waals surface area contributed by atoms with Gasteiger partial charge in [-0.25, -0.2) is 13.1 Å². The molecule has 3 N–H and O–H groups in total. The molecule has 7 nitrogen and oxygen atoms in total. The molecule has 0 spiro atoms. The molecule has 1 amide bonds. The minimum absolute atomic E-state index is 0.0316. The first-order valence-corrected chi connectivity index (χ1v) is 11.3. The van der Waals surface area contributed by atoms with Gasteiger partial charge in [0.25, 0.3) is 0 Å². The Bertz CT molecular complexity index is 853. The smallest absolute Gasteiger partial charge is 0.306 e. The molecule has 9 heteroatoms. The second-order valence-corrected chi connectivity index (χ2v) is 10.3. The van der Waals surface area contributed by atoms with Crippen molar-refractivity contribution in [3.8, 4) is 0 Å². The third kappa shape index (κ3) is 3.65. The van der Waals surface area contributed by atoms with Crippen LogP contribution in [0.5, 0.6) is 0 Å². The molecule has 0 saturated heterocycles. The zero-order valence-electron chi connectivity index (χ0n) is 14.3. The van der Waals surface area contributed by atoms with E-state index in [1.54, 1.807) is 0 Å². The number of carbonyl (C=O) groups excluding carboxylic acids is 1. The van der Waals surface area contributed by atoms with E-state index in [4.69, 9.17) is 0 Å². The van der Waals surface area contributed by atoms with Crippen LogP contribution < -0.4 is 10.0 Å². The highest BCUT2D eigenvalue weighted by Gasteiger charge is 2.37. The molecule has 1 heterocycles. The van der Waals surface area contributed by atoms with Crippen molar-refractivity contribution in [2.45, 2.75) is 49.8 Å². The van der Waals surface area contributed by atoms with E-state index in [1.807, 2.05) is 0 Å². The summed E-state index contributed by atoms with van der Waals surface area (Å²) in [7, 11) is -3.79. The molecule has 2 fully saturated rings. The average Bonchev–Trinajstić information content (AvgIpc) is 3.48. The molecule has 4 rings (SSSR count). The molecule has 1 atom stereocenters. The number of hydrogen-bond acceptors (Lipinski definition) is 5. The van der Waals surface area contributed by atoms with E-state index in [2.05, 4.69) is 10.0 Å². The quantitative estimate of drug-likeness (QED) is 0.650. The van der Waals surface area contributed by atoms with Gasteiger partial charge in [-0.1, -0.05) is 0 Å². The molecule has 0 aliphatic heterocycles. The standard InChI is InChI=1S/C17H22N2O5S2/c20-15(10-3-4-10)19-16-14(26(23,24)18-8-9-1-2-9)12-7-11(17(21)22)5-6-13(12)25-16/h9-11,18H,1-8H2,(H,19,20)(H,21,22). The number of rotatable bonds is 7. The highest BCUT2D eigenvalue weighted by Crippen LogP contribution is 2.43. The van der Waals surface area contributed by atoms with Gasteiger partial charge in [0.1, 0.15) is 9.90 Å². The molecule has 142 valence electrons. The largest absolute Gasteiger partial charge is 0.481 e. The molecule has 3 aliphatic carbocycles. The fourth-order valence-corrected chi connectivity index (χ4v) is 6.40. The maximum Gasteiger partial charge on any atom is 0.306 e. The third-order valence-corrected chi connectivity index (χ3v) is 8.15. The first-order chi connectivity index (χ1) is 12.3. The van der Waals surface area contributed by atoms with Crippen LogP contribution in [0.1, 0.15) is 42.5 Å². The van der Waals surface area contributed by atoms with Crippen molar-refractivity contribution in [3.05, 3.63) is 10.4 Å². The molecular weight excluding hydrogens is 376 g/mol. The Kier molecular flexibility index (Phi) is 4.56. The Morgan fingerprint density at radius 3 is 2.46 bits per heavy atom. The molecule has 1 aromatic rings. The first kappa shape index (κ1) is 17.9. The van der Waals surface area contributed by atoms with Gasteiger partial charge in [0, 0.05) is 17.3 Å². The lowest BCUT2D eigenvalue weighted by Crippen LogP contribution is -2.29. The summed E-state index contributed by atoms with van der Waals surface area (Å²) >= 11 is 1.28. The van der Waals surface area contributed by atoms with Crippen molar-refractivity contribution >= 4 is 38.2 Å². The van der Waals surface area contributed by atoms with Crippen molar-refractivity contribution in [3.63, 3.8) is 0 Å².